The molecule has 0 spiro atoms. The Balaban J connectivity index is 1.63. The van der Waals surface area contributed by atoms with Gasteiger partial charge in [0.1, 0.15) is 5.82 Å². The van der Waals surface area contributed by atoms with E-state index in [-0.39, 0.29) is 0 Å². The molecule has 19 heavy (non-hydrogen) atoms. The average molecular weight is 267 g/mol. The van der Waals surface area contributed by atoms with Crippen LogP contribution in [-0.2, 0) is 6.18 Å². The van der Waals surface area contributed by atoms with Crippen LogP contribution in [0.3, 0.4) is 0 Å². The zero-order valence-electron chi connectivity index (χ0n) is 9.98. The van der Waals surface area contributed by atoms with Crippen LogP contribution in [0.2, 0.25) is 0 Å². The molecule has 2 atom stereocenters. The molecule has 0 amide bonds. The molecule has 1 fully saturated rings. The number of nitrogens with zero attached hydrogens (tertiary/aromatic N) is 2. The van der Waals surface area contributed by atoms with Crippen LogP contribution >= 0.6 is 0 Å². The molecule has 0 aliphatic heterocycles. The number of rotatable bonds is 2. The maximum Gasteiger partial charge on any atom is 0.417 e. The molecule has 3 rings (SSSR count). The minimum absolute atomic E-state index is 0.329. The molecule has 0 bridgehead atoms. The number of alkyl halides is 3. The second-order valence-corrected chi connectivity index (χ2v) is 4.78. The number of anilines is 1. The van der Waals surface area contributed by atoms with E-state index >= 15 is 0 Å². The topological polar surface area (TPSA) is 37.3 Å². The van der Waals surface area contributed by atoms with E-state index in [1.165, 1.54) is 6.07 Å². The first-order valence-corrected chi connectivity index (χ1v) is 6.06. The first-order chi connectivity index (χ1) is 9.04. The van der Waals surface area contributed by atoms with Crippen molar-refractivity contribution in [2.24, 2.45) is 16.9 Å². The highest BCUT2D eigenvalue weighted by Crippen LogP contribution is 2.40. The van der Waals surface area contributed by atoms with Gasteiger partial charge in [0.2, 0.25) is 0 Å². The largest absolute Gasteiger partial charge is 0.417 e. The van der Waals surface area contributed by atoms with E-state index in [1.54, 1.807) is 0 Å². The van der Waals surface area contributed by atoms with Crippen LogP contribution < -0.4 is 5.43 Å². The lowest BCUT2D eigenvalue weighted by Gasteiger charge is -2.31. The van der Waals surface area contributed by atoms with Gasteiger partial charge in [0, 0.05) is 17.8 Å². The Hall–Kier alpha value is -1.85. The van der Waals surface area contributed by atoms with Crippen LogP contribution in [0, 0.1) is 11.8 Å². The Morgan fingerprint density at radius 2 is 2.16 bits per heavy atom. The van der Waals surface area contributed by atoms with Crippen molar-refractivity contribution < 1.29 is 13.2 Å². The van der Waals surface area contributed by atoms with Gasteiger partial charge in [-0.15, -0.1) is 0 Å². The molecule has 2 aliphatic rings. The van der Waals surface area contributed by atoms with E-state index in [9.17, 15) is 13.2 Å². The number of pyridine rings is 1. The third-order valence-corrected chi connectivity index (χ3v) is 3.57. The third kappa shape index (κ3) is 2.34. The Morgan fingerprint density at radius 1 is 1.32 bits per heavy atom. The number of aromatic nitrogens is 1. The van der Waals surface area contributed by atoms with E-state index in [0.717, 1.165) is 30.8 Å². The van der Waals surface area contributed by atoms with Crippen molar-refractivity contribution in [2.75, 3.05) is 5.43 Å². The summed E-state index contributed by atoms with van der Waals surface area (Å²) in [5.74, 6) is 1.40. The number of hydrogen-bond donors (Lipinski definition) is 1. The summed E-state index contributed by atoms with van der Waals surface area (Å²) in [5, 5.41) is 4.22. The molecule has 0 radical (unpaired) electrons. The van der Waals surface area contributed by atoms with Crippen molar-refractivity contribution in [1.82, 2.24) is 4.98 Å². The fraction of sp³-hybridized carbons (Fsp3) is 0.385. The molecule has 1 heterocycles. The van der Waals surface area contributed by atoms with E-state index < -0.39 is 11.7 Å². The van der Waals surface area contributed by atoms with Crippen molar-refractivity contribution in [3.8, 4) is 0 Å². The quantitative estimate of drug-likeness (QED) is 0.658. The molecular formula is C13H12F3N3. The van der Waals surface area contributed by atoms with Gasteiger partial charge in [-0.25, -0.2) is 4.98 Å². The zero-order chi connectivity index (χ0) is 13.5. The summed E-state index contributed by atoms with van der Waals surface area (Å²) >= 11 is 0. The van der Waals surface area contributed by atoms with Crippen molar-refractivity contribution in [3.05, 3.63) is 36.0 Å². The highest BCUT2D eigenvalue weighted by Gasteiger charge is 2.38. The molecule has 0 aromatic carbocycles. The minimum atomic E-state index is -4.35. The molecule has 1 aromatic heterocycles. The molecule has 3 nitrogen and oxygen atoms in total. The Bertz CT molecular complexity index is 531. The van der Waals surface area contributed by atoms with Crippen LogP contribution in [0.1, 0.15) is 18.4 Å². The lowest BCUT2D eigenvalue weighted by Crippen LogP contribution is -2.33. The fourth-order valence-corrected chi connectivity index (χ4v) is 2.42. The van der Waals surface area contributed by atoms with Gasteiger partial charge in [-0.3, -0.25) is 5.43 Å². The standard InChI is InChI=1S/C13H12F3N3/c14-13(15,16)9-4-5-12(17-7-9)19-18-11-6-8-2-1-3-10(8)11/h1-2,4-5,7-8,10H,3,6H2,(H,17,19)/b18-11-/t8-,10-/m0/s1. The summed E-state index contributed by atoms with van der Waals surface area (Å²) in [7, 11) is 0. The second-order valence-electron chi connectivity index (χ2n) is 4.78. The van der Waals surface area contributed by atoms with Gasteiger partial charge >= 0.3 is 6.18 Å². The molecule has 6 heteroatoms. The molecule has 1 saturated carbocycles. The smallest absolute Gasteiger partial charge is 0.261 e. The number of fused-ring (bicyclic) bond motifs is 1. The second kappa shape index (κ2) is 4.36. The third-order valence-electron chi connectivity index (χ3n) is 3.57. The molecule has 0 unspecified atom stereocenters. The normalized spacial score (nSPS) is 27.2. The van der Waals surface area contributed by atoms with Crippen LogP contribution in [0.5, 0.6) is 0 Å². The number of halogens is 3. The van der Waals surface area contributed by atoms with E-state index in [2.05, 4.69) is 27.7 Å². The molecule has 1 aromatic rings. The molecule has 0 saturated heterocycles. The Labute approximate surface area is 108 Å². The molecule has 2 aliphatic carbocycles. The SMILES string of the molecule is FC(F)(F)c1ccc(N/N=C2/C[C@@H]3C=CC[C@H]23)nc1. The minimum Gasteiger partial charge on any atom is -0.261 e. The van der Waals surface area contributed by atoms with Gasteiger partial charge in [0.05, 0.1) is 5.56 Å². The van der Waals surface area contributed by atoms with Crippen molar-refractivity contribution >= 4 is 11.5 Å². The average Bonchev–Trinajstić information content (AvgIpc) is 2.71. The van der Waals surface area contributed by atoms with E-state index in [4.69, 9.17) is 0 Å². The lowest BCUT2D eigenvalue weighted by molar-refractivity contribution is -0.137. The van der Waals surface area contributed by atoms with Crippen molar-refractivity contribution in [3.63, 3.8) is 0 Å². The van der Waals surface area contributed by atoms with Gasteiger partial charge in [-0.2, -0.15) is 18.3 Å². The van der Waals surface area contributed by atoms with Gasteiger partial charge in [0.15, 0.2) is 0 Å². The van der Waals surface area contributed by atoms with Gasteiger partial charge < -0.3 is 0 Å². The number of hydrazone groups is 1. The first kappa shape index (κ1) is 12.2. The van der Waals surface area contributed by atoms with Gasteiger partial charge in [-0.1, -0.05) is 12.2 Å². The van der Waals surface area contributed by atoms with Gasteiger partial charge in [-0.05, 0) is 30.9 Å². The summed E-state index contributed by atoms with van der Waals surface area (Å²) in [6, 6.07) is 2.28. The highest BCUT2D eigenvalue weighted by molar-refractivity contribution is 5.94. The van der Waals surface area contributed by atoms with Crippen LogP contribution in [0.4, 0.5) is 19.0 Å². The van der Waals surface area contributed by atoms with Crippen LogP contribution in [0.15, 0.2) is 35.6 Å². The number of hydrogen-bond acceptors (Lipinski definition) is 3. The lowest BCUT2D eigenvalue weighted by atomic mass is 9.74. The van der Waals surface area contributed by atoms with Crippen molar-refractivity contribution in [1.29, 1.82) is 0 Å². The number of allylic oxidation sites excluding steroid dienone is 2. The monoisotopic (exact) mass is 267 g/mol. The maximum atomic E-state index is 12.3. The predicted molar refractivity (Wildman–Crippen MR) is 65.7 cm³/mol. The zero-order valence-corrected chi connectivity index (χ0v) is 9.98. The van der Waals surface area contributed by atoms with Crippen LogP contribution in [-0.4, -0.2) is 10.7 Å². The Morgan fingerprint density at radius 3 is 2.79 bits per heavy atom. The maximum absolute atomic E-state index is 12.3. The molecule has 100 valence electrons. The summed E-state index contributed by atoms with van der Waals surface area (Å²) in [4.78, 5) is 3.71. The summed E-state index contributed by atoms with van der Waals surface area (Å²) < 4.78 is 37.0. The van der Waals surface area contributed by atoms with Crippen molar-refractivity contribution in [2.45, 2.75) is 19.0 Å². The molecular weight excluding hydrogens is 255 g/mol. The summed E-state index contributed by atoms with van der Waals surface area (Å²) in [6.45, 7) is 0. The summed E-state index contributed by atoms with van der Waals surface area (Å²) in [5.41, 5.74) is 3.03. The van der Waals surface area contributed by atoms with Gasteiger partial charge in [0.25, 0.3) is 0 Å². The van der Waals surface area contributed by atoms with Crippen LogP contribution in [0.25, 0.3) is 0 Å². The first-order valence-electron chi connectivity index (χ1n) is 6.06. The van der Waals surface area contributed by atoms with E-state index in [1.807, 2.05) is 0 Å². The number of nitrogens with one attached hydrogen (secondary N) is 1. The predicted octanol–water partition coefficient (Wildman–Crippen LogP) is 3.46. The Kier molecular flexibility index (Phi) is 2.80. The molecule has 1 N–H and O–H groups in total. The summed E-state index contributed by atoms with van der Waals surface area (Å²) in [6.07, 6.45) is 2.73. The highest BCUT2D eigenvalue weighted by atomic mass is 19.4. The fourth-order valence-electron chi connectivity index (χ4n) is 2.42. The van der Waals surface area contributed by atoms with E-state index in [0.29, 0.717) is 17.7 Å².